The van der Waals surface area contributed by atoms with Gasteiger partial charge in [0.05, 0.1) is 18.5 Å². The van der Waals surface area contributed by atoms with Crippen LogP contribution < -0.4 is 15.4 Å². The quantitative estimate of drug-likeness (QED) is 0.563. The van der Waals surface area contributed by atoms with Crippen molar-refractivity contribution in [3.63, 3.8) is 0 Å². The molecule has 162 valence electrons. The minimum Gasteiger partial charge on any atom is -0.492 e. The predicted molar refractivity (Wildman–Crippen MR) is 108 cm³/mol. The van der Waals surface area contributed by atoms with Gasteiger partial charge in [-0.2, -0.15) is 13.2 Å². The van der Waals surface area contributed by atoms with Crippen LogP contribution in [0.4, 0.5) is 30.5 Å². The second kappa shape index (κ2) is 8.54. The van der Waals surface area contributed by atoms with E-state index in [2.05, 4.69) is 30.6 Å². The number of aryl methyl sites for hydroxylation is 1. The number of rotatable bonds is 6. The first-order chi connectivity index (χ1) is 14.6. The van der Waals surface area contributed by atoms with Crippen molar-refractivity contribution in [1.82, 2.24) is 19.9 Å². The van der Waals surface area contributed by atoms with Crippen LogP contribution in [0.5, 0.6) is 5.75 Å². The first-order valence-electron chi connectivity index (χ1n) is 9.06. The molecule has 1 amide bonds. The molecule has 0 aliphatic heterocycles. The monoisotopic (exact) mass is 432 g/mol. The maximum Gasteiger partial charge on any atom is 0.303 e. The molecule has 0 aromatic carbocycles. The SMILES string of the molecule is COc1ccc(-c2cnc(NC(C)=O)cc2Nc2cc(C)nc(C(C)(F)F)n2)nc1F. The molecule has 0 fully saturated rings. The highest BCUT2D eigenvalue weighted by molar-refractivity contribution is 5.89. The Bertz CT molecular complexity index is 1130. The lowest BCUT2D eigenvalue weighted by Gasteiger charge is -2.15. The van der Waals surface area contributed by atoms with Crippen molar-refractivity contribution in [2.75, 3.05) is 17.7 Å². The van der Waals surface area contributed by atoms with Gasteiger partial charge in [0, 0.05) is 43.4 Å². The summed E-state index contributed by atoms with van der Waals surface area (Å²) >= 11 is 0. The van der Waals surface area contributed by atoms with E-state index in [1.807, 2.05) is 0 Å². The van der Waals surface area contributed by atoms with Crippen LogP contribution in [0.3, 0.4) is 0 Å². The molecule has 3 aromatic heterocycles. The summed E-state index contributed by atoms with van der Waals surface area (Å²) in [5.74, 6) is -4.85. The van der Waals surface area contributed by atoms with Crippen molar-refractivity contribution in [2.45, 2.75) is 26.7 Å². The van der Waals surface area contributed by atoms with Gasteiger partial charge in [-0.3, -0.25) is 4.79 Å². The molecule has 2 N–H and O–H groups in total. The molecular formula is C20H19F3N6O2. The maximum absolute atomic E-state index is 14.1. The van der Waals surface area contributed by atoms with Crippen LogP contribution in [0.15, 0.2) is 30.5 Å². The number of hydrogen-bond donors (Lipinski definition) is 2. The van der Waals surface area contributed by atoms with Crippen LogP contribution in [0.2, 0.25) is 0 Å². The topological polar surface area (TPSA) is 102 Å². The molecule has 0 aliphatic rings. The number of alkyl halides is 2. The van der Waals surface area contributed by atoms with Crippen LogP contribution >= 0.6 is 0 Å². The molecule has 3 heterocycles. The van der Waals surface area contributed by atoms with E-state index in [1.165, 1.54) is 44.5 Å². The number of carbonyl (C=O) groups excluding carboxylic acids is 1. The van der Waals surface area contributed by atoms with Gasteiger partial charge in [0.1, 0.15) is 11.6 Å². The number of hydrogen-bond acceptors (Lipinski definition) is 7. The van der Waals surface area contributed by atoms with Gasteiger partial charge in [0.2, 0.25) is 11.7 Å². The maximum atomic E-state index is 14.1. The summed E-state index contributed by atoms with van der Waals surface area (Å²) in [6, 6.07) is 5.84. The fraction of sp³-hybridized carbons (Fsp3) is 0.250. The van der Waals surface area contributed by atoms with E-state index in [0.29, 0.717) is 23.9 Å². The van der Waals surface area contributed by atoms with Gasteiger partial charge in [-0.1, -0.05) is 0 Å². The Labute approximate surface area is 175 Å². The average molecular weight is 432 g/mol. The molecule has 0 radical (unpaired) electrons. The van der Waals surface area contributed by atoms with E-state index < -0.39 is 17.7 Å². The molecule has 31 heavy (non-hydrogen) atoms. The second-order valence-electron chi connectivity index (χ2n) is 6.72. The van der Waals surface area contributed by atoms with Crippen molar-refractivity contribution in [3.8, 4) is 17.0 Å². The van der Waals surface area contributed by atoms with Crippen molar-refractivity contribution >= 4 is 23.2 Å². The first-order valence-corrected chi connectivity index (χ1v) is 9.06. The number of halogens is 3. The zero-order chi connectivity index (χ0) is 22.8. The lowest BCUT2D eigenvalue weighted by molar-refractivity contribution is -0.114. The van der Waals surface area contributed by atoms with Gasteiger partial charge in [-0.15, -0.1) is 0 Å². The number of nitrogens with zero attached hydrogens (tertiary/aromatic N) is 4. The molecular weight excluding hydrogens is 413 g/mol. The first kappa shape index (κ1) is 21.9. The fourth-order valence-corrected chi connectivity index (χ4v) is 2.70. The molecule has 0 atom stereocenters. The van der Waals surface area contributed by atoms with Gasteiger partial charge in [-0.25, -0.2) is 19.9 Å². The molecule has 8 nitrogen and oxygen atoms in total. The Morgan fingerprint density at radius 2 is 1.87 bits per heavy atom. The summed E-state index contributed by atoms with van der Waals surface area (Å²) in [7, 11) is 1.31. The molecule has 0 bridgehead atoms. The number of pyridine rings is 2. The summed E-state index contributed by atoms with van der Waals surface area (Å²) in [4.78, 5) is 27.0. The van der Waals surface area contributed by atoms with Crippen molar-refractivity contribution in [2.24, 2.45) is 0 Å². The standard InChI is InChI=1S/C20H19F3N6O2/c1-10-7-17(29-19(25-10)20(3,22)23)27-14-8-16(26-11(2)30)24-9-12(14)13-5-6-15(31-4)18(21)28-13/h5-9H,1-4H3,(H2,24,25,26,27,29,30). The van der Waals surface area contributed by atoms with E-state index in [9.17, 15) is 18.0 Å². The van der Waals surface area contributed by atoms with Crippen LogP contribution in [-0.4, -0.2) is 33.0 Å². The molecule has 0 saturated carbocycles. The number of methoxy groups -OCH3 is 1. The zero-order valence-corrected chi connectivity index (χ0v) is 17.1. The summed E-state index contributed by atoms with van der Waals surface area (Å²) < 4.78 is 46.5. The normalized spacial score (nSPS) is 11.2. The van der Waals surface area contributed by atoms with Crippen LogP contribution in [0, 0.1) is 12.9 Å². The highest BCUT2D eigenvalue weighted by Crippen LogP contribution is 2.32. The molecule has 0 aliphatic carbocycles. The Morgan fingerprint density at radius 1 is 1.13 bits per heavy atom. The number of anilines is 3. The molecule has 11 heteroatoms. The molecule has 3 rings (SSSR count). The third-order valence-corrected chi connectivity index (χ3v) is 4.03. The summed E-state index contributed by atoms with van der Waals surface area (Å²) in [6.07, 6.45) is 1.37. The number of aromatic nitrogens is 4. The van der Waals surface area contributed by atoms with Crippen LogP contribution in [-0.2, 0) is 10.7 Å². The van der Waals surface area contributed by atoms with Crippen molar-refractivity contribution in [3.05, 3.63) is 47.9 Å². The number of amides is 1. The molecule has 0 saturated heterocycles. The third-order valence-electron chi connectivity index (χ3n) is 4.03. The van der Waals surface area contributed by atoms with E-state index >= 15 is 0 Å². The number of carbonyl (C=O) groups is 1. The fourth-order valence-electron chi connectivity index (χ4n) is 2.70. The summed E-state index contributed by atoms with van der Waals surface area (Å²) in [5, 5.41) is 5.45. The van der Waals surface area contributed by atoms with Crippen molar-refractivity contribution in [1.29, 1.82) is 0 Å². The van der Waals surface area contributed by atoms with E-state index in [1.54, 1.807) is 6.92 Å². The smallest absolute Gasteiger partial charge is 0.303 e. The zero-order valence-electron chi connectivity index (χ0n) is 17.1. The summed E-state index contributed by atoms with van der Waals surface area (Å²) in [5.41, 5.74) is 1.17. The minimum absolute atomic E-state index is 0.0395. The average Bonchev–Trinajstić information content (AvgIpc) is 2.66. The second-order valence-corrected chi connectivity index (χ2v) is 6.72. The minimum atomic E-state index is -3.24. The van der Waals surface area contributed by atoms with Gasteiger partial charge < -0.3 is 15.4 Å². The molecule has 0 unspecified atom stereocenters. The lowest BCUT2D eigenvalue weighted by Crippen LogP contribution is -2.14. The highest BCUT2D eigenvalue weighted by Gasteiger charge is 2.29. The largest absolute Gasteiger partial charge is 0.492 e. The molecule has 0 spiro atoms. The number of ether oxygens (including phenoxy) is 1. The van der Waals surface area contributed by atoms with Gasteiger partial charge in [-0.05, 0) is 19.1 Å². The third kappa shape index (κ3) is 5.24. The van der Waals surface area contributed by atoms with Gasteiger partial charge in [0.15, 0.2) is 5.75 Å². The number of nitrogens with one attached hydrogen (secondary N) is 2. The highest BCUT2D eigenvalue weighted by atomic mass is 19.3. The van der Waals surface area contributed by atoms with Gasteiger partial charge in [0.25, 0.3) is 5.95 Å². The Kier molecular flexibility index (Phi) is 6.04. The Balaban J connectivity index is 2.10. The summed E-state index contributed by atoms with van der Waals surface area (Å²) in [6.45, 7) is 3.56. The lowest BCUT2D eigenvalue weighted by atomic mass is 10.1. The van der Waals surface area contributed by atoms with Crippen molar-refractivity contribution < 1.29 is 22.7 Å². The predicted octanol–water partition coefficient (Wildman–Crippen LogP) is 4.20. The molecule has 3 aromatic rings. The van der Waals surface area contributed by atoms with Crippen LogP contribution in [0.25, 0.3) is 11.3 Å². The Morgan fingerprint density at radius 3 is 2.48 bits per heavy atom. The Hall–Kier alpha value is -3.76. The van der Waals surface area contributed by atoms with E-state index in [0.717, 1.165) is 0 Å². The van der Waals surface area contributed by atoms with Crippen LogP contribution in [0.1, 0.15) is 25.4 Å². The van der Waals surface area contributed by atoms with E-state index in [4.69, 9.17) is 4.74 Å². The van der Waals surface area contributed by atoms with Gasteiger partial charge >= 0.3 is 5.92 Å². The van der Waals surface area contributed by atoms with E-state index in [-0.39, 0.29) is 29.0 Å².